The minimum atomic E-state index is 0.816. The number of hydrogen-bond acceptors (Lipinski definition) is 2. The third kappa shape index (κ3) is 11.2. The molecule has 0 saturated carbocycles. The van der Waals surface area contributed by atoms with Crippen LogP contribution in [-0.4, -0.2) is 5.16 Å². The Hall–Kier alpha value is -3.07. The molecule has 0 heterocycles. The maximum Gasteiger partial charge on any atom is 0.0739 e. The van der Waals surface area contributed by atoms with Crippen LogP contribution in [0.25, 0.3) is 21.9 Å². The van der Waals surface area contributed by atoms with Crippen LogP contribution in [-0.2, 0) is 6.16 Å². The number of benzene rings is 4. The Morgan fingerprint density at radius 1 is 0.595 bits per heavy atom. The summed E-state index contributed by atoms with van der Waals surface area (Å²) in [5.41, 5.74) is 6.47. The van der Waals surface area contributed by atoms with Crippen molar-refractivity contribution < 1.29 is 0 Å². The van der Waals surface area contributed by atoms with E-state index in [0.29, 0.717) is 0 Å². The number of rotatable bonds is 3. The van der Waals surface area contributed by atoms with Crippen molar-refractivity contribution in [2.45, 2.75) is 61.6 Å². The molecule has 37 heavy (non-hydrogen) atoms. The second kappa shape index (κ2) is 21.1. The van der Waals surface area contributed by atoms with E-state index in [0.717, 1.165) is 28.5 Å². The highest BCUT2D eigenvalue weighted by Crippen LogP contribution is 2.26. The average Bonchev–Trinajstić information content (AvgIpc) is 3.00. The van der Waals surface area contributed by atoms with Crippen molar-refractivity contribution in [3.63, 3.8) is 0 Å². The normalized spacial score (nSPS) is 8.57. The highest BCUT2D eigenvalue weighted by atomic mass is 32.1. The first-order valence-electron chi connectivity index (χ1n) is 13.3. The molecule has 4 aromatic carbocycles. The van der Waals surface area contributed by atoms with Crippen molar-refractivity contribution in [3.8, 4) is 23.0 Å². The molecule has 0 aromatic heterocycles. The van der Waals surface area contributed by atoms with E-state index in [-0.39, 0.29) is 0 Å². The molecule has 0 fully saturated rings. The van der Waals surface area contributed by atoms with Gasteiger partial charge >= 0.3 is 0 Å². The van der Waals surface area contributed by atoms with Gasteiger partial charge in [0.2, 0.25) is 0 Å². The molecule has 3 heteroatoms. The lowest BCUT2D eigenvalue weighted by Gasteiger charge is -2.05. The van der Waals surface area contributed by atoms with Crippen LogP contribution < -0.4 is 0 Å². The minimum absolute atomic E-state index is 0.816. The van der Waals surface area contributed by atoms with Crippen LogP contribution >= 0.6 is 21.5 Å². The summed E-state index contributed by atoms with van der Waals surface area (Å²) in [5.74, 6) is 6.53. The fraction of sp³-hybridized carbons (Fsp3) is 0.265. The number of nitrogens with zero attached hydrogens (tertiary/aromatic N) is 1. The quantitative estimate of drug-likeness (QED) is 0.112. The largest absolute Gasteiger partial charge is 0.195 e. The van der Waals surface area contributed by atoms with Crippen molar-refractivity contribution in [2.75, 3.05) is 0 Å². The molecule has 0 aliphatic carbocycles. The molecule has 0 aliphatic rings. The molecule has 4 rings (SSSR count). The molecule has 0 N–H and O–H groups in total. The number of thiocarbonyl (C=S) groups is 1. The summed E-state index contributed by atoms with van der Waals surface area (Å²) >= 11 is 4.65. The zero-order valence-electron chi connectivity index (χ0n) is 23.7. The predicted octanol–water partition coefficient (Wildman–Crippen LogP) is 11.1. The van der Waals surface area contributed by atoms with Crippen LogP contribution in [0.5, 0.6) is 0 Å². The van der Waals surface area contributed by atoms with Gasteiger partial charge in [-0.2, -0.15) is 4.99 Å². The monoisotopic (exact) mass is 527 g/mol. The van der Waals surface area contributed by atoms with Crippen molar-refractivity contribution in [2.24, 2.45) is 4.99 Å². The van der Waals surface area contributed by atoms with Gasteiger partial charge < -0.3 is 0 Å². The van der Waals surface area contributed by atoms with Gasteiger partial charge in [0.05, 0.1) is 10.8 Å². The Labute approximate surface area is 233 Å². The van der Waals surface area contributed by atoms with Gasteiger partial charge in [-0.3, -0.25) is 0 Å². The highest BCUT2D eigenvalue weighted by molar-refractivity contribution is 7.78. The smallest absolute Gasteiger partial charge is 0.0739 e. The van der Waals surface area contributed by atoms with Gasteiger partial charge in [-0.15, -0.1) is 9.24 Å². The first-order valence-corrected chi connectivity index (χ1v) is 14.5. The van der Waals surface area contributed by atoms with Crippen molar-refractivity contribution in [1.29, 1.82) is 0 Å². The molecule has 4 aromatic rings. The maximum atomic E-state index is 4.65. The van der Waals surface area contributed by atoms with Gasteiger partial charge in [0.25, 0.3) is 0 Å². The Morgan fingerprint density at radius 3 is 1.65 bits per heavy atom. The fourth-order valence-corrected chi connectivity index (χ4v) is 3.53. The van der Waals surface area contributed by atoms with Crippen LogP contribution in [0.1, 0.15) is 72.1 Å². The van der Waals surface area contributed by atoms with Crippen molar-refractivity contribution >= 4 is 43.1 Å². The van der Waals surface area contributed by atoms with Crippen LogP contribution in [0.3, 0.4) is 0 Å². The molecule has 1 atom stereocenters. The molecule has 0 spiro atoms. The lowest BCUT2D eigenvalue weighted by Crippen LogP contribution is -1.82. The second-order valence-corrected chi connectivity index (χ2v) is 7.27. The third-order valence-corrected chi connectivity index (χ3v) is 5.32. The number of fused-ring (bicyclic) bond motifs is 1. The summed E-state index contributed by atoms with van der Waals surface area (Å²) in [4.78, 5) is 4.00. The van der Waals surface area contributed by atoms with Crippen LogP contribution in [0, 0.1) is 11.8 Å². The Morgan fingerprint density at radius 2 is 1.08 bits per heavy atom. The standard InChI is InChI=1S/C26H18NPS.4C2H6/c28-17-21-5-2-19(3-6-21)1-4-20-7-8-25-16-24(10-9-23(25)15-20)22-11-13-26(14-12-22)27-18-29;4*1-2/h2-3,5-16H,17,28H2;4*1-2H3. The number of aliphatic imine (C=N–C) groups is 1. The van der Waals surface area contributed by atoms with Gasteiger partial charge in [0, 0.05) is 11.1 Å². The number of isothiocyanates is 1. The molecule has 1 unspecified atom stereocenters. The molecule has 0 bridgehead atoms. The van der Waals surface area contributed by atoms with E-state index in [2.05, 4.69) is 116 Å². The van der Waals surface area contributed by atoms with E-state index >= 15 is 0 Å². The Kier molecular flexibility index (Phi) is 19.3. The molecule has 194 valence electrons. The fourth-order valence-electron chi connectivity index (χ4n) is 3.15. The van der Waals surface area contributed by atoms with Gasteiger partial charge in [-0.1, -0.05) is 110 Å². The Balaban J connectivity index is 0.00000148. The van der Waals surface area contributed by atoms with Crippen LogP contribution in [0.15, 0.2) is 89.9 Å². The first kappa shape index (κ1) is 33.9. The van der Waals surface area contributed by atoms with E-state index in [1.165, 1.54) is 21.9 Å². The molecule has 0 saturated heterocycles. The van der Waals surface area contributed by atoms with E-state index in [4.69, 9.17) is 0 Å². The van der Waals surface area contributed by atoms with Crippen molar-refractivity contribution in [1.82, 2.24) is 0 Å². The maximum absolute atomic E-state index is 4.65. The first-order chi connectivity index (χ1) is 18.2. The molecule has 0 aliphatic heterocycles. The SMILES string of the molecule is CC.CC.CC.CC.PCc1ccc(C#Cc2ccc3cc(-c4ccc(N=C=S)cc4)ccc3c2)cc1. The van der Waals surface area contributed by atoms with Crippen LogP contribution in [0.2, 0.25) is 0 Å². The van der Waals surface area contributed by atoms with E-state index in [1.807, 2.05) is 67.5 Å². The average molecular weight is 528 g/mol. The topological polar surface area (TPSA) is 12.4 Å². The third-order valence-electron chi connectivity index (χ3n) is 4.76. The zero-order valence-corrected chi connectivity index (χ0v) is 25.7. The van der Waals surface area contributed by atoms with Gasteiger partial charge in [-0.05, 0) is 88.3 Å². The lowest BCUT2D eigenvalue weighted by molar-refractivity contribution is 1.41. The van der Waals surface area contributed by atoms with Gasteiger partial charge in [0.1, 0.15) is 0 Å². The zero-order chi connectivity index (χ0) is 28.1. The summed E-state index contributed by atoms with van der Waals surface area (Å²) in [6.45, 7) is 16.0. The van der Waals surface area contributed by atoms with Gasteiger partial charge in [-0.25, -0.2) is 0 Å². The minimum Gasteiger partial charge on any atom is -0.195 e. The summed E-state index contributed by atoms with van der Waals surface area (Å²) in [6.07, 6.45) is 0.964. The molecular weight excluding hydrogens is 485 g/mol. The van der Waals surface area contributed by atoms with Gasteiger partial charge in [0.15, 0.2) is 0 Å². The summed E-state index contributed by atoms with van der Waals surface area (Å²) in [6, 6.07) is 29.2. The van der Waals surface area contributed by atoms with E-state index < -0.39 is 0 Å². The van der Waals surface area contributed by atoms with E-state index in [9.17, 15) is 0 Å². The lowest BCUT2D eigenvalue weighted by atomic mass is 10.00. The highest BCUT2D eigenvalue weighted by Gasteiger charge is 2.01. The summed E-state index contributed by atoms with van der Waals surface area (Å²) in [5, 5.41) is 4.77. The summed E-state index contributed by atoms with van der Waals surface area (Å²) in [7, 11) is 2.74. The molecular formula is C34H42NPS. The van der Waals surface area contributed by atoms with Crippen molar-refractivity contribution in [3.05, 3.63) is 102 Å². The Bertz CT molecular complexity index is 1270. The molecule has 0 radical (unpaired) electrons. The molecule has 1 nitrogen and oxygen atoms in total. The van der Waals surface area contributed by atoms with Crippen LogP contribution in [0.4, 0.5) is 5.69 Å². The second-order valence-electron chi connectivity index (χ2n) is 6.68. The molecule has 0 amide bonds. The number of hydrogen-bond donors (Lipinski definition) is 0. The van der Waals surface area contributed by atoms with E-state index in [1.54, 1.807) is 0 Å². The summed E-state index contributed by atoms with van der Waals surface area (Å²) < 4.78 is 0. The predicted molar refractivity (Wildman–Crippen MR) is 175 cm³/mol.